The van der Waals surface area contributed by atoms with Crippen LogP contribution < -0.4 is 19.7 Å². The molecule has 1 heterocycles. The van der Waals surface area contributed by atoms with Crippen molar-refractivity contribution in [2.24, 2.45) is 0 Å². The van der Waals surface area contributed by atoms with Gasteiger partial charge in [0.25, 0.3) is 5.91 Å². The Bertz CT molecular complexity index is 1130. The van der Waals surface area contributed by atoms with Gasteiger partial charge in [0.1, 0.15) is 5.37 Å². The summed E-state index contributed by atoms with van der Waals surface area (Å²) in [6, 6.07) is 22.0. The fourth-order valence-corrected chi connectivity index (χ4v) is 4.77. The predicted molar refractivity (Wildman–Crippen MR) is 132 cm³/mol. The molecule has 0 aliphatic carbocycles. The van der Waals surface area contributed by atoms with E-state index in [9.17, 15) is 9.59 Å². The van der Waals surface area contributed by atoms with Crippen LogP contribution in [0.1, 0.15) is 17.9 Å². The average Bonchev–Trinajstić information content (AvgIpc) is 3.21. The van der Waals surface area contributed by atoms with Gasteiger partial charge in [0.2, 0.25) is 5.91 Å². The van der Waals surface area contributed by atoms with Crippen LogP contribution in [0.4, 0.5) is 11.4 Å². The minimum atomic E-state index is -0.265. The van der Waals surface area contributed by atoms with Gasteiger partial charge < -0.3 is 14.8 Å². The Morgan fingerprint density at radius 2 is 1.82 bits per heavy atom. The molecule has 0 saturated carbocycles. The number of carbonyl (C=O) groups excluding carboxylic acids is 2. The van der Waals surface area contributed by atoms with E-state index in [1.807, 2.05) is 61.5 Å². The third-order valence-corrected chi connectivity index (χ3v) is 6.41. The maximum absolute atomic E-state index is 12.6. The van der Waals surface area contributed by atoms with Gasteiger partial charge in [-0.05, 0) is 61.0 Å². The average molecular weight is 483 g/mol. The lowest BCUT2D eigenvalue weighted by molar-refractivity contribution is -0.118. The van der Waals surface area contributed by atoms with E-state index >= 15 is 0 Å². The number of nitrogens with one attached hydrogen (secondary N) is 1. The van der Waals surface area contributed by atoms with Crippen molar-refractivity contribution in [1.82, 2.24) is 0 Å². The van der Waals surface area contributed by atoms with E-state index in [4.69, 9.17) is 21.1 Å². The number of benzene rings is 3. The monoisotopic (exact) mass is 482 g/mol. The van der Waals surface area contributed by atoms with Crippen molar-refractivity contribution < 1.29 is 19.1 Å². The largest absolute Gasteiger partial charge is 0.490 e. The standard InChI is InChI=1S/C25H23ClN2O4S/c1-2-31-22-14-17(25-28(24(30)16-33-25)20-11-9-18(26)10-12-20)8-13-21(22)32-15-23(29)27-19-6-4-3-5-7-19/h3-14,25H,2,15-16H2,1H3,(H,27,29)/t25-/m0/s1. The van der Waals surface area contributed by atoms with E-state index in [1.54, 1.807) is 34.9 Å². The Morgan fingerprint density at radius 3 is 2.55 bits per heavy atom. The Hall–Kier alpha value is -3.16. The molecule has 4 rings (SSSR count). The number of amides is 2. The molecule has 1 atom stereocenters. The zero-order chi connectivity index (χ0) is 23.2. The minimum Gasteiger partial charge on any atom is -0.490 e. The van der Waals surface area contributed by atoms with Crippen molar-refractivity contribution in [3.63, 3.8) is 0 Å². The summed E-state index contributed by atoms with van der Waals surface area (Å²) in [6.07, 6.45) is 0. The van der Waals surface area contributed by atoms with Crippen LogP contribution in [0.5, 0.6) is 11.5 Å². The summed E-state index contributed by atoms with van der Waals surface area (Å²) >= 11 is 7.56. The Kier molecular flexibility index (Phi) is 7.42. The number of nitrogens with zero attached hydrogens (tertiary/aromatic N) is 1. The van der Waals surface area contributed by atoms with Gasteiger partial charge in [0.15, 0.2) is 18.1 Å². The normalized spacial score (nSPS) is 15.4. The third kappa shape index (κ3) is 5.61. The fourth-order valence-electron chi connectivity index (χ4n) is 3.48. The summed E-state index contributed by atoms with van der Waals surface area (Å²) in [4.78, 5) is 26.6. The van der Waals surface area contributed by atoms with Crippen molar-refractivity contribution in [2.75, 3.05) is 29.2 Å². The number of carbonyl (C=O) groups is 2. The highest BCUT2D eigenvalue weighted by Gasteiger charge is 2.34. The predicted octanol–water partition coefficient (Wildman–Crippen LogP) is 5.53. The smallest absolute Gasteiger partial charge is 0.262 e. The van der Waals surface area contributed by atoms with Crippen LogP contribution in [-0.4, -0.2) is 30.8 Å². The number of thioether (sulfide) groups is 1. The van der Waals surface area contributed by atoms with E-state index in [0.717, 1.165) is 11.3 Å². The van der Waals surface area contributed by atoms with Gasteiger partial charge >= 0.3 is 0 Å². The molecule has 33 heavy (non-hydrogen) atoms. The van der Waals surface area contributed by atoms with E-state index in [2.05, 4.69) is 5.32 Å². The molecule has 0 unspecified atom stereocenters. The summed E-state index contributed by atoms with van der Waals surface area (Å²) in [5, 5.41) is 3.21. The number of rotatable bonds is 8. The summed E-state index contributed by atoms with van der Waals surface area (Å²) in [7, 11) is 0. The quantitative estimate of drug-likeness (QED) is 0.457. The van der Waals surface area contributed by atoms with Crippen molar-refractivity contribution in [3.05, 3.63) is 83.4 Å². The Labute approximate surface area is 201 Å². The van der Waals surface area contributed by atoms with Gasteiger partial charge in [-0.1, -0.05) is 35.9 Å². The van der Waals surface area contributed by atoms with Crippen LogP contribution in [0.3, 0.4) is 0 Å². The van der Waals surface area contributed by atoms with Gasteiger partial charge in [-0.2, -0.15) is 0 Å². The second-order valence-electron chi connectivity index (χ2n) is 7.25. The Morgan fingerprint density at radius 1 is 1.06 bits per heavy atom. The topological polar surface area (TPSA) is 67.9 Å². The second kappa shape index (κ2) is 10.6. The molecule has 1 aliphatic heterocycles. The number of hydrogen-bond donors (Lipinski definition) is 1. The number of ether oxygens (including phenoxy) is 2. The van der Waals surface area contributed by atoms with E-state index in [1.165, 1.54) is 0 Å². The minimum absolute atomic E-state index is 0.0307. The van der Waals surface area contributed by atoms with E-state index in [0.29, 0.717) is 34.6 Å². The molecular formula is C25H23ClN2O4S. The highest BCUT2D eigenvalue weighted by molar-refractivity contribution is 8.00. The zero-order valence-corrected chi connectivity index (χ0v) is 19.6. The lowest BCUT2D eigenvalue weighted by Crippen LogP contribution is -2.27. The zero-order valence-electron chi connectivity index (χ0n) is 18.0. The molecule has 0 bridgehead atoms. The number of hydrogen-bond acceptors (Lipinski definition) is 5. The first-order chi connectivity index (χ1) is 16.0. The summed E-state index contributed by atoms with van der Waals surface area (Å²) in [5.41, 5.74) is 2.40. The molecule has 0 radical (unpaired) electrons. The van der Waals surface area contributed by atoms with E-state index < -0.39 is 0 Å². The summed E-state index contributed by atoms with van der Waals surface area (Å²) in [5.74, 6) is 1.14. The van der Waals surface area contributed by atoms with Crippen LogP contribution in [0, 0.1) is 0 Å². The number of halogens is 1. The molecule has 2 amide bonds. The van der Waals surface area contributed by atoms with Crippen LogP contribution in [0.15, 0.2) is 72.8 Å². The van der Waals surface area contributed by atoms with Crippen molar-refractivity contribution in [1.29, 1.82) is 0 Å². The molecule has 1 fully saturated rings. The van der Waals surface area contributed by atoms with Gasteiger partial charge in [-0.15, -0.1) is 11.8 Å². The molecule has 1 saturated heterocycles. The maximum atomic E-state index is 12.6. The highest BCUT2D eigenvalue weighted by atomic mass is 35.5. The van der Waals surface area contributed by atoms with Crippen LogP contribution >= 0.6 is 23.4 Å². The van der Waals surface area contributed by atoms with Gasteiger partial charge in [-0.25, -0.2) is 0 Å². The number of para-hydroxylation sites is 1. The Balaban J connectivity index is 1.50. The van der Waals surface area contributed by atoms with E-state index in [-0.39, 0.29) is 23.8 Å². The first kappa shape index (κ1) is 23.0. The summed E-state index contributed by atoms with van der Waals surface area (Å²) < 4.78 is 11.5. The summed E-state index contributed by atoms with van der Waals surface area (Å²) in [6.45, 7) is 2.17. The molecule has 8 heteroatoms. The van der Waals surface area contributed by atoms with Crippen molar-refractivity contribution in [2.45, 2.75) is 12.3 Å². The third-order valence-electron chi connectivity index (χ3n) is 4.94. The van der Waals surface area contributed by atoms with Gasteiger partial charge in [0.05, 0.1) is 12.4 Å². The molecule has 1 aliphatic rings. The molecular weight excluding hydrogens is 460 g/mol. The first-order valence-corrected chi connectivity index (χ1v) is 11.9. The highest BCUT2D eigenvalue weighted by Crippen LogP contribution is 2.44. The first-order valence-electron chi connectivity index (χ1n) is 10.5. The molecule has 170 valence electrons. The molecule has 3 aromatic carbocycles. The molecule has 0 spiro atoms. The number of anilines is 2. The van der Waals surface area contributed by atoms with Crippen LogP contribution in [-0.2, 0) is 9.59 Å². The lowest BCUT2D eigenvalue weighted by Gasteiger charge is -2.25. The maximum Gasteiger partial charge on any atom is 0.262 e. The molecule has 3 aromatic rings. The lowest BCUT2D eigenvalue weighted by atomic mass is 10.1. The van der Waals surface area contributed by atoms with Gasteiger partial charge in [0, 0.05) is 16.4 Å². The SMILES string of the molecule is CCOc1cc([C@@H]2SCC(=O)N2c2ccc(Cl)cc2)ccc1OCC(=O)Nc1ccccc1. The second-order valence-corrected chi connectivity index (χ2v) is 8.75. The van der Waals surface area contributed by atoms with Crippen molar-refractivity contribution >= 4 is 46.6 Å². The molecule has 6 nitrogen and oxygen atoms in total. The van der Waals surface area contributed by atoms with Crippen LogP contribution in [0.25, 0.3) is 0 Å². The van der Waals surface area contributed by atoms with Crippen molar-refractivity contribution in [3.8, 4) is 11.5 Å². The molecule has 0 aromatic heterocycles. The fraction of sp³-hybridized carbons (Fsp3) is 0.200. The van der Waals surface area contributed by atoms with Gasteiger partial charge in [-0.3, -0.25) is 14.5 Å². The molecule has 1 N–H and O–H groups in total. The van der Waals surface area contributed by atoms with Crippen LogP contribution in [0.2, 0.25) is 5.02 Å².